The Morgan fingerprint density at radius 3 is 1.29 bits per heavy atom. The van der Waals surface area contributed by atoms with Crippen LogP contribution in [0.15, 0.2) is 106 Å². The summed E-state index contributed by atoms with van der Waals surface area (Å²) in [4.78, 5) is 38.5. The van der Waals surface area contributed by atoms with Crippen molar-refractivity contribution in [1.82, 2.24) is 0 Å². The minimum absolute atomic E-state index is 0.0822. The second-order valence-electron chi connectivity index (χ2n) is 18.0. The van der Waals surface area contributed by atoms with Gasteiger partial charge in [0, 0.05) is 49.1 Å². The molecule has 0 bridgehead atoms. The number of allylic oxidation sites excluding steroid dienone is 2. The van der Waals surface area contributed by atoms with Gasteiger partial charge in [0.15, 0.2) is 34.6 Å². The number of fused-ring (bicyclic) bond motifs is 2. The van der Waals surface area contributed by atoms with Crippen LogP contribution in [0.3, 0.4) is 0 Å². The average Bonchev–Trinajstić information content (AvgIpc) is 3.32. The fourth-order valence-electron chi connectivity index (χ4n) is 7.19. The van der Waals surface area contributed by atoms with E-state index in [2.05, 4.69) is 52.2 Å². The predicted molar refractivity (Wildman–Crippen MR) is 276 cm³/mol. The fourth-order valence-corrected chi connectivity index (χ4v) is 7.19. The minimum atomic E-state index is -0.494. The van der Waals surface area contributed by atoms with Crippen LogP contribution >= 0.6 is 0 Å². The number of aliphatic imine (C=N–C) groups is 2. The van der Waals surface area contributed by atoms with Gasteiger partial charge in [-0.25, -0.2) is 0 Å². The lowest BCUT2D eigenvalue weighted by Gasteiger charge is -2.18. The highest BCUT2D eigenvalue weighted by molar-refractivity contribution is 6.23. The first kappa shape index (κ1) is 52.4. The van der Waals surface area contributed by atoms with E-state index in [-0.39, 0.29) is 45.6 Å². The number of phenols is 2. The Labute approximate surface area is 403 Å². The number of carbonyl (C=O) groups is 2. The number of rotatable bonds is 26. The summed E-state index contributed by atoms with van der Waals surface area (Å²) in [5, 5.41) is 28.3. The van der Waals surface area contributed by atoms with E-state index in [9.17, 15) is 19.8 Å². The fraction of sp³-hybridized carbons (Fsp3) is 0.429. The van der Waals surface area contributed by atoms with Gasteiger partial charge in [0.2, 0.25) is 0 Å². The molecule has 12 heteroatoms. The van der Waals surface area contributed by atoms with Crippen LogP contribution in [0.5, 0.6) is 34.5 Å². The first-order valence-corrected chi connectivity index (χ1v) is 24.5. The maximum atomic E-state index is 14.4. The smallest absolute Gasteiger partial charge is 0.199 e. The number of hydrogen-bond acceptors (Lipinski definition) is 12. The van der Waals surface area contributed by atoms with E-state index in [0.29, 0.717) is 72.2 Å². The molecule has 0 fully saturated rings. The van der Waals surface area contributed by atoms with E-state index >= 15 is 0 Å². The molecule has 4 aromatic rings. The predicted octanol–water partition coefficient (Wildman–Crippen LogP) is 14.1. The number of ether oxygens (including phenoxy) is 4. The van der Waals surface area contributed by atoms with Gasteiger partial charge in [0.1, 0.15) is 11.5 Å². The molecule has 0 atom stereocenters. The number of ketones is 2. The van der Waals surface area contributed by atoms with Gasteiger partial charge in [-0.15, -0.1) is 0 Å². The molecule has 1 heterocycles. The summed E-state index contributed by atoms with van der Waals surface area (Å²) in [7, 11) is 0. The number of carbonyl (C=O) groups excluding carboxylic acids is 2. The second kappa shape index (κ2) is 27.9. The number of benzene rings is 4. The number of phenolic OH excluding ortho intramolecular Hbond substituents is 2. The molecular formula is C56H72N4O8. The highest BCUT2D eigenvalue weighted by atomic mass is 16.5. The van der Waals surface area contributed by atoms with Crippen molar-refractivity contribution < 1.29 is 38.7 Å². The van der Waals surface area contributed by atoms with Crippen molar-refractivity contribution in [3.8, 4) is 34.5 Å². The van der Waals surface area contributed by atoms with Crippen LogP contribution in [-0.4, -0.2) is 60.6 Å². The molecule has 0 saturated carbocycles. The number of unbranched alkanes of at least 4 members (excludes halogenated alkanes) is 10. The lowest BCUT2D eigenvalue weighted by atomic mass is 10.0. The van der Waals surface area contributed by atoms with Crippen LogP contribution < -0.4 is 29.6 Å². The minimum Gasteiger partial charge on any atom is -0.507 e. The quantitative estimate of drug-likeness (QED) is 0.0352. The summed E-state index contributed by atoms with van der Waals surface area (Å²) in [6.07, 6.45) is 19.0. The zero-order valence-electron chi connectivity index (χ0n) is 40.9. The molecule has 1 aliphatic rings. The Morgan fingerprint density at radius 1 is 0.515 bits per heavy atom. The third-order valence-corrected chi connectivity index (χ3v) is 11.1. The van der Waals surface area contributed by atoms with Crippen LogP contribution in [0.4, 0.5) is 22.7 Å². The molecule has 1 aliphatic heterocycles. The summed E-state index contributed by atoms with van der Waals surface area (Å²) >= 11 is 0. The highest BCUT2D eigenvalue weighted by Crippen LogP contribution is 2.41. The summed E-state index contributed by atoms with van der Waals surface area (Å²) < 4.78 is 25.4. The van der Waals surface area contributed by atoms with Crippen molar-refractivity contribution >= 4 is 46.7 Å². The molecule has 4 N–H and O–H groups in total. The topological polar surface area (TPSA) is 160 Å². The van der Waals surface area contributed by atoms with Crippen molar-refractivity contribution in [2.24, 2.45) is 21.8 Å². The third kappa shape index (κ3) is 16.3. The Balaban J connectivity index is 1.68. The Hall–Kier alpha value is -6.56. The van der Waals surface area contributed by atoms with E-state index in [1.54, 1.807) is 60.7 Å². The van der Waals surface area contributed by atoms with Crippen LogP contribution in [0.25, 0.3) is 0 Å². The molecule has 364 valence electrons. The molecule has 68 heavy (non-hydrogen) atoms. The lowest BCUT2D eigenvalue weighted by Crippen LogP contribution is -2.10. The maximum Gasteiger partial charge on any atom is 0.199 e. The molecular weight excluding hydrogens is 857 g/mol. The first-order valence-electron chi connectivity index (χ1n) is 24.5. The van der Waals surface area contributed by atoms with Gasteiger partial charge < -0.3 is 39.8 Å². The lowest BCUT2D eigenvalue weighted by molar-refractivity contribution is 0.103. The number of nitrogens with zero attached hydrogens (tertiary/aromatic N) is 2. The van der Waals surface area contributed by atoms with E-state index in [0.717, 1.165) is 38.5 Å². The summed E-state index contributed by atoms with van der Waals surface area (Å²) in [5.41, 5.74) is 1.98. The number of hydrogen-bond donors (Lipinski definition) is 4. The van der Waals surface area contributed by atoms with E-state index in [1.165, 1.54) is 75.5 Å². The van der Waals surface area contributed by atoms with Gasteiger partial charge in [-0.2, -0.15) is 0 Å². The van der Waals surface area contributed by atoms with Gasteiger partial charge >= 0.3 is 0 Å². The Morgan fingerprint density at radius 2 is 0.882 bits per heavy atom. The van der Waals surface area contributed by atoms with Gasteiger partial charge in [0.25, 0.3) is 0 Å². The summed E-state index contributed by atoms with van der Waals surface area (Å²) in [6.45, 7) is 14.4. The molecule has 0 amide bonds. The highest BCUT2D eigenvalue weighted by Gasteiger charge is 2.21. The molecule has 5 rings (SSSR count). The summed E-state index contributed by atoms with van der Waals surface area (Å²) in [5.74, 6) is 0.971. The number of nitrogens with one attached hydrogen (secondary N) is 2. The van der Waals surface area contributed by atoms with Crippen molar-refractivity contribution in [3.63, 3.8) is 0 Å². The number of para-hydroxylation sites is 2. The first-order chi connectivity index (χ1) is 33.0. The number of aromatic hydroxyl groups is 2. The second-order valence-corrected chi connectivity index (χ2v) is 18.0. The molecule has 0 saturated heterocycles. The monoisotopic (exact) mass is 929 g/mol. The number of Topliss-reactive ketones (excluding diaryl/α,β-unsaturated/α-hetero) is 2. The SMILES string of the molecule is CCCCCCCCOc1cc2c(cc1OCC(C)C)N=C/C(C(=O)c1ccccc1O)=C\Nc1cc(OCC(C)C)c(OCCCCCCCC)cc1N=C/C(C(=O)c1ccccc1O)=C\N2. The zero-order chi connectivity index (χ0) is 48.7. The van der Waals surface area contributed by atoms with Crippen molar-refractivity contribution in [1.29, 1.82) is 0 Å². The van der Waals surface area contributed by atoms with Crippen molar-refractivity contribution in [2.75, 3.05) is 37.1 Å². The maximum absolute atomic E-state index is 14.4. The van der Waals surface area contributed by atoms with Gasteiger partial charge in [0.05, 0.1) is 71.5 Å². The summed E-state index contributed by atoms with van der Waals surface area (Å²) in [6, 6.07) is 19.7. The average molecular weight is 929 g/mol. The van der Waals surface area contributed by atoms with Crippen LogP contribution in [-0.2, 0) is 0 Å². The molecule has 4 aromatic carbocycles. The zero-order valence-corrected chi connectivity index (χ0v) is 40.9. The number of anilines is 2. The van der Waals surface area contributed by atoms with E-state index < -0.39 is 11.6 Å². The van der Waals surface area contributed by atoms with Crippen molar-refractivity contribution in [2.45, 2.75) is 119 Å². The Kier molecular flexibility index (Phi) is 21.5. The molecule has 0 spiro atoms. The Bertz CT molecular complexity index is 2380. The molecule has 0 aliphatic carbocycles. The molecule has 0 radical (unpaired) electrons. The molecule has 0 unspecified atom stereocenters. The van der Waals surface area contributed by atoms with Gasteiger partial charge in [-0.05, 0) is 48.9 Å². The van der Waals surface area contributed by atoms with Crippen LogP contribution in [0, 0.1) is 11.8 Å². The van der Waals surface area contributed by atoms with E-state index in [1.807, 2.05) is 0 Å². The normalized spacial score (nSPS) is 14.1. The van der Waals surface area contributed by atoms with Crippen molar-refractivity contribution in [3.05, 3.63) is 107 Å². The van der Waals surface area contributed by atoms with E-state index in [4.69, 9.17) is 28.9 Å². The van der Waals surface area contributed by atoms with Gasteiger partial charge in [-0.1, -0.05) is 130 Å². The van der Waals surface area contributed by atoms with Crippen LogP contribution in [0.1, 0.15) is 139 Å². The molecule has 0 aromatic heterocycles. The molecule has 12 nitrogen and oxygen atoms in total. The largest absolute Gasteiger partial charge is 0.507 e. The van der Waals surface area contributed by atoms with Gasteiger partial charge in [-0.3, -0.25) is 19.6 Å². The standard InChI is InChI=1S/C56H72N4O8/c1-7-9-11-13-15-21-27-65-51-29-45-47(31-53(51)67-37-39(3)4)59-35-42(56(64)44-24-18-20-26-50(44)62)36-60-48-32-54(68-38-40(5)6)52(66-28-22-16-14-12-10-8-2)30-46(48)58-34-41(33-57-45)55(63)43-23-17-19-25-49(43)61/h17-20,23-26,29-36,39-40,57,60-62H,7-16,21-22,27-28,37-38H2,1-6H3/b41-33+,42-36+,58-34?,59-35?. The van der Waals surface area contributed by atoms with Crippen LogP contribution in [0.2, 0.25) is 0 Å². The third-order valence-electron chi connectivity index (χ3n) is 11.1.